The number of rotatable bonds is 12. The molecule has 0 heterocycles. The molecule has 0 heteroatoms. The van der Waals surface area contributed by atoms with Gasteiger partial charge in [0.2, 0.25) is 0 Å². The molecule has 0 N–H and O–H groups in total. The lowest BCUT2D eigenvalue weighted by Crippen LogP contribution is -2.11. The SMILES string of the molecule is CC(C)(C)c1ccc2c(-c3cc(-c4ccccc4)cc(-c4ccccc4)c3)c3ccc(C(C)(C)C)cc3c(-c3ccc4ccccc4c3)c2c1.Cc1cc(C)c(-c2cc(-c3c(C)cc(C)cc3C)cc(-c3c4ccccc4c(-c4ccc5ccccc5c4)c4ccccc34)c2)c(C)c1.Cc1cc(C)cc(-c2cc(-c3cc(C)cc(C)c3)cc(-c3c4ccccc4c(-c4ccc5ccccc5c4)c4ccccc34)c2)c1. The Hall–Kier alpha value is -16.4. The summed E-state index contributed by atoms with van der Waals surface area (Å²) in [6.45, 7) is 36.1. The molecule has 0 amide bonds. The normalized spacial score (nSPS) is 11.8. The molecule has 0 unspecified atom stereocenters. The molecule has 0 radical (unpaired) electrons. The van der Waals surface area contributed by atoms with Crippen LogP contribution in [-0.4, -0.2) is 0 Å². The number of aryl methyl sites for hydroxylation is 10. The van der Waals surface area contributed by atoms with Crippen LogP contribution in [0.1, 0.15) is 108 Å². The Balaban J connectivity index is 0.000000123. The van der Waals surface area contributed by atoms with Crippen LogP contribution in [0, 0.1) is 69.2 Å². The van der Waals surface area contributed by atoms with Gasteiger partial charge in [0, 0.05) is 0 Å². The lowest BCUT2D eigenvalue weighted by molar-refractivity contribution is 0.591. The van der Waals surface area contributed by atoms with Crippen molar-refractivity contribution >= 4 is 97.0 Å². The largest absolute Gasteiger partial charge is 0.0622 e. The van der Waals surface area contributed by atoms with Gasteiger partial charge >= 0.3 is 0 Å². The second kappa shape index (κ2) is 37.9. The van der Waals surface area contributed by atoms with Crippen LogP contribution in [-0.2, 0) is 10.8 Å². The van der Waals surface area contributed by atoms with E-state index in [1.54, 1.807) is 0 Å². The summed E-state index contributed by atoms with van der Waals surface area (Å²) in [4.78, 5) is 0. The highest BCUT2D eigenvalue weighted by Gasteiger charge is 2.28. The highest BCUT2D eigenvalue weighted by Crippen LogP contribution is 2.53. The van der Waals surface area contributed by atoms with Crippen molar-refractivity contribution in [3.8, 4) is 134 Å². The maximum Gasteiger partial charge on any atom is -0.00259 e. The zero-order valence-electron chi connectivity index (χ0n) is 85.6. The Morgan fingerprint density at radius 3 is 0.597 bits per heavy atom. The fourth-order valence-electron chi connectivity index (χ4n) is 23.4. The van der Waals surface area contributed by atoms with Gasteiger partial charge in [-0.05, 0) is 429 Å². The van der Waals surface area contributed by atoms with Gasteiger partial charge in [-0.15, -0.1) is 0 Å². The molecule has 24 rings (SSSR count). The van der Waals surface area contributed by atoms with E-state index in [-0.39, 0.29) is 10.8 Å². The number of benzene rings is 24. The molecule has 0 aliphatic rings. The van der Waals surface area contributed by atoms with Gasteiger partial charge < -0.3 is 0 Å². The summed E-state index contributed by atoms with van der Waals surface area (Å²) in [6.07, 6.45) is 0. The Morgan fingerprint density at radius 2 is 0.319 bits per heavy atom. The first kappa shape index (κ1) is 92.6. The van der Waals surface area contributed by atoms with Gasteiger partial charge in [0.15, 0.2) is 0 Å². The van der Waals surface area contributed by atoms with Gasteiger partial charge in [-0.25, -0.2) is 0 Å². The molecule has 0 aliphatic heterocycles. The maximum absolute atomic E-state index is 2.48. The average Bonchev–Trinajstić information content (AvgIpc) is 0.708. The van der Waals surface area contributed by atoms with Crippen LogP contribution in [0.3, 0.4) is 0 Å². The van der Waals surface area contributed by atoms with E-state index in [9.17, 15) is 0 Å². The van der Waals surface area contributed by atoms with Crippen LogP contribution in [0.5, 0.6) is 0 Å². The first-order chi connectivity index (χ1) is 69.7. The van der Waals surface area contributed by atoms with E-state index in [0.29, 0.717) is 0 Å². The molecule has 0 atom stereocenters. The van der Waals surface area contributed by atoms with Crippen LogP contribution >= 0.6 is 0 Å². The molecule has 696 valence electrons. The fourth-order valence-corrected chi connectivity index (χ4v) is 23.4. The summed E-state index contributed by atoms with van der Waals surface area (Å²) in [7, 11) is 0. The van der Waals surface area contributed by atoms with Crippen LogP contribution < -0.4 is 0 Å². The molecule has 0 saturated carbocycles. The third kappa shape index (κ3) is 18.0. The fraction of sp³-hybridized carbons (Fsp3) is 0.125. The smallest absolute Gasteiger partial charge is 0.00259 e. The van der Waals surface area contributed by atoms with Crippen LogP contribution in [0.25, 0.3) is 230 Å². The molecule has 0 aromatic heterocycles. The van der Waals surface area contributed by atoms with Crippen molar-refractivity contribution in [1.29, 1.82) is 0 Å². The van der Waals surface area contributed by atoms with Gasteiger partial charge in [0.25, 0.3) is 0 Å². The third-order valence-electron chi connectivity index (χ3n) is 29.7. The summed E-state index contributed by atoms with van der Waals surface area (Å²) < 4.78 is 0. The number of hydrogen-bond acceptors (Lipinski definition) is 0. The Morgan fingerprint density at radius 1 is 0.118 bits per heavy atom. The van der Waals surface area contributed by atoms with Crippen molar-refractivity contribution in [3.63, 3.8) is 0 Å². The van der Waals surface area contributed by atoms with E-state index in [1.165, 1.54) is 297 Å². The summed E-state index contributed by atoms with van der Waals surface area (Å²) in [5, 5.41) is 22.9. The Kier molecular flexibility index (Phi) is 24.4. The molecule has 0 bridgehead atoms. The summed E-state index contributed by atoms with van der Waals surface area (Å²) >= 11 is 0. The summed E-state index contributed by atoms with van der Waals surface area (Å²) in [5.41, 5.74) is 46.0. The van der Waals surface area contributed by atoms with Crippen molar-refractivity contribution < 1.29 is 0 Å². The van der Waals surface area contributed by atoms with E-state index in [2.05, 4.69) is 548 Å². The molecule has 0 spiro atoms. The van der Waals surface area contributed by atoms with Gasteiger partial charge in [-0.1, -0.05) is 427 Å². The molecule has 24 aromatic carbocycles. The van der Waals surface area contributed by atoms with Crippen LogP contribution in [0.4, 0.5) is 0 Å². The van der Waals surface area contributed by atoms with Crippen molar-refractivity contribution in [2.45, 2.75) is 122 Å². The topological polar surface area (TPSA) is 0 Å². The molecule has 0 fully saturated rings. The van der Waals surface area contributed by atoms with Crippen molar-refractivity contribution in [2.75, 3.05) is 0 Å². The minimum atomic E-state index is 0.00489. The zero-order chi connectivity index (χ0) is 99.1. The standard InChI is InChI=1S/C50H44.C48H40.C46H36/c1-49(2,3)41-23-25-43-45(31-41)47(37-22-21-35-19-13-14-20-36(35)27-37)46-32-42(50(4,5)6)24-26-44(46)48(43)40-29-38(33-15-9-7-10-16-33)28-39(30-40)34-17-11-8-12-18-34;1-29-21-31(3)45(32(4)22-29)38-26-39(46-33(5)23-30(2)24-34(46)6)28-40(27-38)48-43-17-11-9-15-41(43)47(42-16-10-12-18-44(42)48)37-20-19-35-13-7-8-14-36(35)25-37;1-29-19-30(2)22-36(21-29)38-26-39(37-23-31(3)20-32(4)24-37)28-40(27-38)46-43-15-9-7-13-41(43)45(42-14-8-10-16-44(42)46)35-18-17-33-11-5-6-12-34(33)25-35/h7-32H,1-6H3;7-28H,1-6H3;5-28H,1-4H3. The lowest BCUT2D eigenvalue weighted by atomic mass is 9.79. The summed E-state index contributed by atoms with van der Waals surface area (Å²) in [5.74, 6) is 0. The number of hydrogen-bond donors (Lipinski definition) is 0. The quantitative estimate of drug-likeness (QED) is 0.107. The molecular weight excluding hydrogens is 1730 g/mol. The molecule has 0 nitrogen and oxygen atoms in total. The Bertz CT molecular complexity index is 8760. The second-order valence-corrected chi connectivity index (χ2v) is 42.6. The average molecular weight is 1850 g/mol. The third-order valence-corrected chi connectivity index (χ3v) is 29.7. The predicted molar refractivity (Wildman–Crippen MR) is 627 cm³/mol. The maximum atomic E-state index is 2.48. The first-order valence-corrected chi connectivity index (χ1v) is 51.0. The van der Waals surface area contributed by atoms with Gasteiger partial charge in [-0.2, -0.15) is 0 Å². The van der Waals surface area contributed by atoms with E-state index in [0.717, 1.165) is 0 Å². The molecular formula is C144H120. The predicted octanol–water partition coefficient (Wildman–Crippen LogP) is 41.1. The number of fused-ring (bicyclic) bond motifs is 9. The zero-order valence-corrected chi connectivity index (χ0v) is 85.6. The molecule has 24 aromatic rings. The minimum Gasteiger partial charge on any atom is -0.0622 e. The van der Waals surface area contributed by atoms with Gasteiger partial charge in [-0.3, -0.25) is 0 Å². The first-order valence-electron chi connectivity index (χ1n) is 51.0. The van der Waals surface area contributed by atoms with Crippen molar-refractivity contribution in [3.05, 3.63) is 504 Å². The van der Waals surface area contributed by atoms with Gasteiger partial charge in [0.1, 0.15) is 0 Å². The van der Waals surface area contributed by atoms with E-state index < -0.39 is 0 Å². The summed E-state index contributed by atoms with van der Waals surface area (Å²) in [6, 6.07) is 164. The van der Waals surface area contributed by atoms with Crippen molar-refractivity contribution in [2.24, 2.45) is 0 Å². The van der Waals surface area contributed by atoms with Crippen LogP contribution in [0.15, 0.2) is 437 Å². The monoisotopic (exact) mass is 1850 g/mol. The highest BCUT2D eigenvalue weighted by molar-refractivity contribution is 6.26. The van der Waals surface area contributed by atoms with E-state index >= 15 is 0 Å². The minimum absolute atomic E-state index is 0.00489. The van der Waals surface area contributed by atoms with Crippen LogP contribution in [0.2, 0.25) is 0 Å². The van der Waals surface area contributed by atoms with Crippen molar-refractivity contribution in [1.82, 2.24) is 0 Å². The molecule has 144 heavy (non-hydrogen) atoms. The van der Waals surface area contributed by atoms with E-state index in [4.69, 9.17) is 0 Å². The second-order valence-electron chi connectivity index (χ2n) is 42.6. The lowest BCUT2D eigenvalue weighted by Gasteiger charge is -2.25. The Labute approximate surface area is 849 Å². The van der Waals surface area contributed by atoms with E-state index in [1.807, 2.05) is 0 Å². The van der Waals surface area contributed by atoms with Gasteiger partial charge in [0.05, 0.1) is 0 Å². The molecule has 0 saturated heterocycles. The molecule has 0 aliphatic carbocycles. The highest BCUT2D eigenvalue weighted by atomic mass is 14.3.